The summed E-state index contributed by atoms with van der Waals surface area (Å²) in [5.41, 5.74) is 0. The molecule has 0 aromatic carbocycles. The van der Waals surface area contributed by atoms with E-state index in [1.165, 1.54) is 5.92 Å². The first kappa shape index (κ1) is 38.4. The molecule has 0 aliphatic rings. The Hall–Kier alpha value is 0.584. The minimum Gasteiger partial charge on any atom is -0.358 e. The van der Waals surface area contributed by atoms with Gasteiger partial charge < -0.3 is 13.3 Å². The van der Waals surface area contributed by atoms with Crippen molar-refractivity contribution in [3.63, 3.8) is 0 Å². The summed E-state index contributed by atoms with van der Waals surface area (Å²) in [6.07, 6.45) is 0. The molecule has 1 radical (unpaired) electrons. The van der Waals surface area contributed by atoms with Crippen LogP contribution in [-0.4, -0.2) is 0 Å². The van der Waals surface area contributed by atoms with Crippen molar-refractivity contribution in [2.75, 3.05) is 0 Å². The van der Waals surface area contributed by atoms with Crippen LogP contribution < -0.4 is 0 Å². The third-order valence-corrected chi connectivity index (χ3v) is 0. The predicted molar refractivity (Wildman–Crippen MR) is 40.1 cm³/mol. The predicted octanol–water partition coefficient (Wildman–Crippen LogP) is 3.34. The largest absolute Gasteiger partial charge is 2.00 e. The zero-order valence-corrected chi connectivity index (χ0v) is 6.34. The summed E-state index contributed by atoms with van der Waals surface area (Å²) in [5.74, 6) is 1.42. The first-order valence-corrected chi connectivity index (χ1v) is 1.50. The maximum Gasteiger partial charge on any atom is 2.00 e. The molecule has 53 valence electrons. The quantitative estimate of drug-likeness (QED) is 0.470. The molecule has 0 aliphatic heterocycles. The van der Waals surface area contributed by atoms with Crippen molar-refractivity contribution in [2.45, 2.75) is 35.6 Å². The van der Waals surface area contributed by atoms with Crippen molar-refractivity contribution in [1.82, 2.24) is 0 Å². The number of hydrogen-bond donors (Lipinski definition) is 0. The Kier molecular flexibility index (Phi) is 123. The van der Waals surface area contributed by atoms with Crippen LogP contribution >= 0.6 is 0 Å². The summed E-state index contributed by atoms with van der Waals surface area (Å²) in [7, 11) is 0. The summed E-state index contributed by atoms with van der Waals surface area (Å²) in [4.78, 5) is 0. The molecule has 0 saturated heterocycles. The first-order valence-electron chi connectivity index (χ1n) is 1.50. The van der Waals surface area contributed by atoms with E-state index in [-0.39, 0.29) is 40.8 Å². The van der Waals surface area contributed by atoms with Crippen LogP contribution in [-0.2, 0) is 18.6 Å². The fraction of sp³-hybridized carbons (Fsp3) is 0.714. The van der Waals surface area contributed by atoms with E-state index in [2.05, 4.69) is 20.8 Å². The van der Waals surface area contributed by atoms with Gasteiger partial charge in [0.1, 0.15) is 0 Å². The summed E-state index contributed by atoms with van der Waals surface area (Å²) >= 11 is 0. The Morgan fingerprint density at radius 1 is 0.875 bits per heavy atom. The van der Waals surface area contributed by atoms with Gasteiger partial charge in [0.2, 0.25) is 0 Å². The van der Waals surface area contributed by atoms with Gasteiger partial charge in [0.15, 0.2) is 0 Å². The van der Waals surface area contributed by atoms with E-state index in [9.17, 15) is 0 Å². The van der Waals surface area contributed by atoms with Gasteiger partial charge in [0.05, 0.1) is 0 Å². The Morgan fingerprint density at radius 3 is 0.875 bits per heavy atom. The van der Waals surface area contributed by atoms with Gasteiger partial charge in [0.25, 0.3) is 0 Å². The van der Waals surface area contributed by atoms with Gasteiger partial charge in [-0.05, 0) is 0 Å². The third-order valence-electron chi connectivity index (χ3n) is 0. The van der Waals surface area contributed by atoms with E-state index in [0.29, 0.717) is 0 Å². The van der Waals surface area contributed by atoms with Gasteiger partial charge in [-0.15, -0.1) is 0 Å². The molecule has 0 heterocycles. The Balaban J connectivity index is -0.00000000750. The van der Waals surface area contributed by atoms with Crippen LogP contribution in [0.2, 0.25) is 0 Å². The number of hydrogen-bond acceptors (Lipinski definition) is 0. The second-order valence-corrected chi connectivity index (χ2v) is 1.50. The van der Waals surface area contributed by atoms with Crippen molar-refractivity contribution in [1.29, 1.82) is 0 Å². The fourth-order valence-electron chi connectivity index (χ4n) is 0. The molecular formula is C7H20V. The molecule has 0 N–H and O–H groups in total. The summed E-state index contributed by atoms with van der Waals surface area (Å²) < 4.78 is 0. The van der Waals surface area contributed by atoms with Crippen LogP contribution in [0.5, 0.6) is 0 Å². The summed E-state index contributed by atoms with van der Waals surface area (Å²) in [6, 6.07) is 0. The van der Waals surface area contributed by atoms with Crippen LogP contribution in [0.4, 0.5) is 0 Å². The van der Waals surface area contributed by atoms with Gasteiger partial charge in [-0.2, -0.15) is 20.8 Å². The van der Waals surface area contributed by atoms with Crippen molar-refractivity contribution in [3.8, 4) is 0 Å². The Morgan fingerprint density at radius 2 is 0.875 bits per heavy atom. The SMILES string of the molecule is C.C.C[C-](C)C.[CH3-].[V+2]. The molecule has 1 heteroatoms. The molecule has 0 unspecified atom stereocenters. The van der Waals surface area contributed by atoms with E-state index < -0.39 is 0 Å². The van der Waals surface area contributed by atoms with E-state index >= 15 is 0 Å². The zero-order chi connectivity index (χ0) is 3.58. The number of rotatable bonds is 0. The van der Waals surface area contributed by atoms with Crippen LogP contribution in [0.25, 0.3) is 0 Å². The maximum absolute atomic E-state index is 2.08. The van der Waals surface area contributed by atoms with Crippen LogP contribution in [0.15, 0.2) is 0 Å². The smallest absolute Gasteiger partial charge is 0.358 e. The monoisotopic (exact) mass is 155 g/mol. The van der Waals surface area contributed by atoms with Crippen LogP contribution in [0, 0.1) is 13.3 Å². The Labute approximate surface area is 68.0 Å². The molecule has 0 nitrogen and oxygen atoms in total. The minimum atomic E-state index is 0. The summed E-state index contributed by atoms with van der Waals surface area (Å²) in [6.45, 7) is 6.25. The molecule has 0 atom stereocenters. The zero-order valence-electron chi connectivity index (χ0n) is 4.95. The van der Waals surface area contributed by atoms with Crippen molar-refractivity contribution in [3.05, 3.63) is 13.3 Å². The maximum atomic E-state index is 2.08. The topological polar surface area (TPSA) is 0 Å². The van der Waals surface area contributed by atoms with Gasteiger partial charge in [-0.3, -0.25) is 0 Å². The molecule has 0 fully saturated rings. The van der Waals surface area contributed by atoms with E-state index in [1.54, 1.807) is 0 Å². The second-order valence-electron chi connectivity index (χ2n) is 1.50. The molecule has 0 saturated carbocycles. The molecule has 0 rings (SSSR count). The first-order chi connectivity index (χ1) is 1.73. The van der Waals surface area contributed by atoms with Gasteiger partial charge in [-0.25, -0.2) is 0 Å². The molecule has 0 spiro atoms. The normalized spacial score (nSPS) is 4.50. The fourth-order valence-corrected chi connectivity index (χ4v) is 0. The van der Waals surface area contributed by atoms with Gasteiger partial charge in [0, 0.05) is 0 Å². The van der Waals surface area contributed by atoms with Gasteiger partial charge in [-0.1, -0.05) is 14.9 Å². The molecular weight excluding hydrogens is 135 g/mol. The van der Waals surface area contributed by atoms with E-state index in [1.807, 2.05) is 0 Å². The van der Waals surface area contributed by atoms with E-state index in [4.69, 9.17) is 0 Å². The van der Waals surface area contributed by atoms with Crippen molar-refractivity contribution >= 4 is 0 Å². The molecule has 0 aromatic rings. The standard InChI is InChI=1S/C4H9.2CH4.CH3.V/c1-4(2)3;;;;/h1-3H3;2*1H4;1H3;/q-1;;;-1;+2. The Bertz CT molecular complexity index is 9.10. The third kappa shape index (κ3) is 601. The molecule has 0 aliphatic carbocycles. The van der Waals surface area contributed by atoms with Crippen molar-refractivity contribution < 1.29 is 18.6 Å². The second kappa shape index (κ2) is 25.6. The van der Waals surface area contributed by atoms with Crippen LogP contribution in [0.3, 0.4) is 0 Å². The summed E-state index contributed by atoms with van der Waals surface area (Å²) in [5, 5.41) is 0. The van der Waals surface area contributed by atoms with Crippen LogP contribution in [0.1, 0.15) is 35.6 Å². The van der Waals surface area contributed by atoms with Crippen molar-refractivity contribution in [2.24, 2.45) is 0 Å². The van der Waals surface area contributed by atoms with Gasteiger partial charge >= 0.3 is 18.6 Å². The molecule has 8 heavy (non-hydrogen) atoms. The van der Waals surface area contributed by atoms with E-state index in [0.717, 1.165) is 0 Å². The average molecular weight is 155 g/mol. The average Bonchev–Trinajstić information content (AvgIpc) is 0.811. The molecule has 0 amide bonds. The molecule has 0 bridgehead atoms. The minimum absolute atomic E-state index is 0. The molecule has 0 aromatic heterocycles.